The first-order valence-corrected chi connectivity index (χ1v) is 8.16. The van der Waals surface area contributed by atoms with Crippen LogP contribution >= 0.6 is 0 Å². The highest BCUT2D eigenvalue weighted by molar-refractivity contribution is 5.88. The van der Waals surface area contributed by atoms with Crippen molar-refractivity contribution >= 4 is 10.9 Å². The molecule has 0 atom stereocenters. The van der Waals surface area contributed by atoms with E-state index in [9.17, 15) is 0 Å². The molecule has 0 saturated carbocycles. The predicted molar refractivity (Wildman–Crippen MR) is 97.6 cm³/mol. The van der Waals surface area contributed by atoms with Crippen molar-refractivity contribution in [2.45, 2.75) is 13.5 Å². The number of benzene rings is 2. The van der Waals surface area contributed by atoms with Crippen LogP contribution in [-0.2, 0) is 6.54 Å². The van der Waals surface area contributed by atoms with Gasteiger partial charge in [-0.05, 0) is 49.4 Å². The van der Waals surface area contributed by atoms with E-state index in [1.54, 1.807) is 14.2 Å². The zero-order chi connectivity index (χ0) is 17.3. The minimum Gasteiger partial charge on any atom is -1.00 e. The fraction of sp³-hybridized carbons (Fsp3) is 0.300. The SMILES string of the molecule is COc1ccc(-n2c(C)c(C[NH+](C)C)c3cc(OC)ccc32)cc1.[Cl-]. The highest BCUT2D eigenvalue weighted by Gasteiger charge is 2.18. The number of rotatable bonds is 5. The molecule has 0 radical (unpaired) electrons. The van der Waals surface area contributed by atoms with Crippen LogP contribution in [0.2, 0.25) is 0 Å². The molecule has 0 amide bonds. The summed E-state index contributed by atoms with van der Waals surface area (Å²) < 4.78 is 13.0. The molecule has 2 aromatic carbocycles. The van der Waals surface area contributed by atoms with Crippen molar-refractivity contribution in [2.24, 2.45) is 0 Å². The monoisotopic (exact) mass is 360 g/mol. The van der Waals surface area contributed by atoms with E-state index in [4.69, 9.17) is 9.47 Å². The number of halogens is 1. The van der Waals surface area contributed by atoms with E-state index in [-0.39, 0.29) is 12.4 Å². The summed E-state index contributed by atoms with van der Waals surface area (Å²) in [5.41, 5.74) is 4.97. The molecule has 4 nitrogen and oxygen atoms in total. The summed E-state index contributed by atoms with van der Waals surface area (Å²) in [5.74, 6) is 1.76. The molecule has 1 N–H and O–H groups in total. The Bertz CT molecular complexity index is 854. The molecular formula is C20H25ClN2O2. The molecule has 25 heavy (non-hydrogen) atoms. The van der Waals surface area contributed by atoms with Gasteiger partial charge in [0.1, 0.15) is 18.0 Å². The highest BCUT2D eigenvalue weighted by atomic mass is 35.5. The number of fused-ring (bicyclic) bond motifs is 1. The molecule has 1 aromatic heterocycles. The first-order valence-electron chi connectivity index (χ1n) is 8.16. The van der Waals surface area contributed by atoms with Crippen LogP contribution in [0.1, 0.15) is 11.3 Å². The number of nitrogens with one attached hydrogen (secondary N) is 1. The van der Waals surface area contributed by atoms with E-state index in [1.807, 2.05) is 18.2 Å². The summed E-state index contributed by atoms with van der Waals surface area (Å²) in [6, 6.07) is 14.5. The zero-order valence-corrected chi connectivity index (χ0v) is 16.1. The fourth-order valence-electron chi connectivity index (χ4n) is 3.23. The number of aromatic nitrogens is 1. The van der Waals surface area contributed by atoms with Crippen LogP contribution in [0.15, 0.2) is 42.5 Å². The first-order chi connectivity index (χ1) is 11.5. The van der Waals surface area contributed by atoms with Gasteiger partial charge in [-0.3, -0.25) is 0 Å². The summed E-state index contributed by atoms with van der Waals surface area (Å²) >= 11 is 0. The van der Waals surface area contributed by atoms with Gasteiger partial charge in [0.05, 0.1) is 33.8 Å². The lowest BCUT2D eigenvalue weighted by Crippen LogP contribution is -3.04. The van der Waals surface area contributed by atoms with E-state index in [0.717, 1.165) is 23.7 Å². The average Bonchev–Trinajstić information content (AvgIpc) is 2.86. The lowest BCUT2D eigenvalue weighted by Gasteiger charge is -2.11. The third-order valence-electron chi connectivity index (χ3n) is 4.40. The second kappa shape index (κ2) is 7.81. The summed E-state index contributed by atoms with van der Waals surface area (Å²) in [6.07, 6.45) is 0. The maximum absolute atomic E-state index is 5.43. The Morgan fingerprint density at radius 1 is 0.920 bits per heavy atom. The van der Waals surface area contributed by atoms with Crippen LogP contribution in [0.25, 0.3) is 16.6 Å². The van der Waals surface area contributed by atoms with Gasteiger partial charge in [0.2, 0.25) is 0 Å². The third kappa shape index (κ3) is 3.60. The molecule has 134 valence electrons. The Morgan fingerprint density at radius 3 is 2.08 bits per heavy atom. The summed E-state index contributed by atoms with van der Waals surface area (Å²) in [4.78, 5) is 1.40. The van der Waals surface area contributed by atoms with Gasteiger partial charge in [0.15, 0.2) is 0 Å². The number of nitrogens with zero attached hydrogens (tertiary/aromatic N) is 1. The van der Waals surface area contributed by atoms with Crippen molar-refractivity contribution in [1.82, 2.24) is 4.57 Å². The molecule has 5 heteroatoms. The van der Waals surface area contributed by atoms with Crippen molar-refractivity contribution in [1.29, 1.82) is 0 Å². The Balaban J connectivity index is 0.00000225. The van der Waals surface area contributed by atoms with Gasteiger partial charge < -0.3 is 31.3 Å². The molecule has 0 spiro atoms. The van der Waals surface area contributed by atoms with Crippen molar-refractivity contribution in [3.8, 4) is 17.2 Å². The molecule has 1 heterocycles. The van der Waals surface area contributed by atoms with E-state index < -0.39 is 0 Å². The molecule has 0 aliphatic carbocycles. The van der Waals surface area contributed by atoms with Gasteiger partial charge in [-0.15, -0.1) is 0 Å². The van der Waals surface area contributed by atoms with Gasteiger partial charge in [-0.25, -0.2) is 0 Å². The van der Waals surface area contributed by atoms with Crippen molar-refractivity contribution < 1.29 is 26.8 Å². The first kappa shape index (κ1) is 19.2. The zero-order valence-electron chi connectivity index (χ0n) is 15.4. The smallest absolute Gasteiger partial charge is 0.119 e. The Morgan fingerprint density at radius 2 is 1.52 bits per heavy atom. The highest BCUT2D eigenvalue weighted by Crippen LogP contribution is 2.32. The second-order valence-corrected chi connectivity index (χ2v) is 6.36. The normalized spacial score (nSPS) is 10.8. The van der Waals surface area contributed by atoms with Crippen LogP contribution in [0.3, 0.4) is 0 Å². The molecule has 0 aliphatic rings. The van der Waals surface area contributed by atoms with Crippen LogP contribution < -0.4 is 26.8 Å². The van der Waals surface area contributed by atoms with Crippen LogP contribution in [0.4, 0.5) is 0 Å². The molecular weight excluding hydrogens is 336 g/mol. The van der Waals surface area contributed by atoms with Gasteiger partial charge >= 0.3 is 0 Å². The van der Waals surface area contributed by atoms with Crippen LogP contribution in [0, 0.1) is 6.92 Å². The standard InChI is InChI=1S/C20H24N2O2.ClH/c1-14-19(13-21(2)3)18-12-17(24-5)10-11-20(18)22(14)15-6-8-16(23-4)9-7-15;/h6-12H,13H2,1-5H3;1H. The van der Waals surface area contributed by atoms with Crippen LogP contribution in [-0.4, -0.2) is 32.9 Å². The lowest BCUT2D eigenvalue weighted by atomic mass is 10.1. The molecule has 0 aliphatic heterocycles. The maximum atomic E-state index is 5.43. The molecule has 0 bridgehead atoms. The van der Waals surface area contributed by atoms with E-state index in [0.29, 0.717) is 0 Å². The maximum Gasteiger partial charge on any atom is 0.119 e. The largest absolute Gasteiger partial charge is 1.00 e. The Kier molecular flexibility index (Phi) is 5.98. The number of hydrogen-bond donors (Lipinski definition) is 1. The minimum absolute atomic E-state index is 0. The van der Waals surface area contributed by atoms with Gasteiger partial charge in [0, 0.05) is 22.3 Å². The Labute approximate surface area is 155 Å². The van der Waals surface area contributed by atoms with Crippen LogP contribution in [0.5, 0.6) is 11.5 Å². The predicted octanol–water partition coefficient (Wildman–Crippen LogP) is -0.395. The number of quaternary nitrogens is 1. The fourth-order valence-corrected chi connectivity index (χ4v) is 3.23. The number of ether oxygens (including phenoxy) is 2. The van der Waals surface area contributed by atoms with Gasteiger partial charge in [-0.1, -0.05) is 0 Å². The van der Waals surface area contributed by atoms with Crippen molar-refractivity contribution in [3.05, 3.63) is 53.7 Å². The summed E-state index contributed by atoms with van der Waals surface area (Å²) in [7, 11) is 7.76. The van der Waals surface area contributed by atoms with E-state index >= 15 is 0 Å². The lowest BCUT2D eigenvalue weighted by molar-refractivity contribution is -0.872. The van der Waals surface area contributed by atoms with E-state index in [2.05, 4.69) is 49.9 Å². The summed E-state index contributed by atoms with van der Waals surface area (Å²) in [5, 5.41) is 1.25. The molecule has 3 aromatic rings. The minimum atomic E-state index is 0. The molecule has 0 unspecified atom stereocenters. The quantitative estimate of drug-likeness (QED) is 0.671. The third-order valence-corrected chi connectivity index (χ3v) is 4.40. The van der Waals surface area contributed by atoms with Gasteiger partial charge in [0.25, 0.3) is 0 Å². The molecule has 3 rings (SSSR count). The summed E-state index contributed by atoms with van der Waals surface area (Å²) in [6.45, 7) is 3.16. The van der Waals surface area contributed by atoms with Crippen molar-refractivity contribution in [3.63, 3.8) is 0 Å². The van der Waals surface area contributed by atoms with Crippen molar-refractivity contribution in [2.75, 3.05) is 28.3 Å². The molecule has 0 saturated heterocycles. The molecule has 0 fully saturated rings. The Hall–Kier alpha value is -2.17. The van der Waals surface area contributed by atoms with Gasteiger partial charge in [-0.2, -0.15) is 0 Å². The average molecular weight is 361 g/mol. The number of hydrogen-bond acceptors (Lipinski definition) is 2. The van der Waals surface area contributed by atoms with E-state index in [1.165, 1.54) is 27.1 Å². The topological polar surface area (TPSA) is 27.8 Å². The second-order valence-electron chi connectivity index (χ2n) is 6.36. The number of methoxy groups -OCH3 is 2.